The molecule has 5 nitrogen and oxygen atoms in total. The average Bonchev–Trinajstić information content (AvgIpc) is 2.90. The van der Waals surface area contributed by atoms with E-state index in [1.54, 1.807) is 7.11 Å². The summed E-state index contributed by atoms with van der Waals surface area (Å²) in [6, 6.07) is 8.98. The molecule has 0 spiro atoms. The van der Waals surface area contributed by atoms with Crippen LogP contribution in [0.2, 0.25) is 0 Å². The Kier molecular flexibility index (Phi) is 8.69. The number of benzene rings is 1. The minimum absolute atomic E-state index is 0. The fraction of sp³-hybridized carbons (Fsp3) is 0.650. The van der Waals surface area contributed by atoms with Crippen LogP contribution in [0.1, 0.15) is 37.7 Å². The van der Waals surface area contributed by atoms with Crippen LogP contribution < -0.4 is 10.1 Å². The summed E-state index contributed by atoms with van der Waals surface area (Å²) in [4.78, 5) is 14.8. The Bertz CT molecular complexity index is 538. The Labute approximate surface area is 162 Å². The normalized spacial score (nSPS) is 21.8. The number of hydrogen-bond acceptors (Lipinski definition) is 4. The smallest absolute Gasteiger partial charge is 0.223 e. The lowest BCUT2D eigenvalue weighted by atomic mass is 10.1. The number of rotatable bonds is 8. The monoisotopic (exact) mass is 382 g/mol. The summed E-state index contributed by atoms with van der Waals surface area (Å²) < 4.78 is 10.9. The number of amides is 1. The molecule has 2 aliphatic heterocycles. The van der Waals surface area contributed by atoms with Gasteiger partial charge in [0.1, 0.15) is 5.75 Å². The molecule has 1 aromatic carbocycles. The number of nitrogens with zero attached hydrogens (tertiary/aromatic N) is 1. The number of ether oxygens (including phenoxy) is 2. The quantitative estimate of drug-likeness (QED) is 0.702. The Hall–Kier alpha value is -1.30. The van der Waals surface area contributed by atoms with E-state index in [1.807, 2.05) is 12.1 Å². The second-order valence-corrected chi connectivity index (χ2v) is 7.02. The third-order valence-electron chi connectivity index (χ3n) is 5.26. The first-order valence-electron chi connectivity index (χ1n) is 9.50. The molecule has 3 rings (SSSR count). The van der Waals surface area contributed by atoms with Crippen LogP contribution >= 0.6 is 12.4 Å². The molecule has 6 heteroatoms. The summed E-state index contributed by atoms with van der Waals surface area (Å²) in [7, 11) is 1.71. The van der Waals surface area contributed by atoms with E-state index in [4.69, 9.17) is 9.47 Å². The summed E-state index contributed by atoms with van der Waals surface area (Å²) in [5.41, 5.74) is 1.25. The van der Waals surface area contributed by atoms with Crippen molar-refractivity contribution in [3.63, 3.8) is 0 Å². The first kappa shape index (κ1) is 21.0. The third kappa shape index (κ3) is 5.60. The molecule has 1 N–H and O–H groups in total. The molecule has 2 saturated heterocycles. The highest BCUT2D eigenvalue weighted by Crippen LogP contribution is 2.28. The fourth-order valence-corrected chi connectivity index (χ4v) is 3.90. The first-order chi connectivity index (χ1) is 12.3. The highest BCUT2D eigenvalue weighted by atomic mass is 35.5. The van der Waals surface area contributed by atoms with Crippen LogP contribution in [0.5, 0.6) is 5.75 Å². The zero-order valence-electron chi connectivity index (χ0n) is 15.6. The van der Waals surface area contributed by atoms with Gasteiger partial charge in [-0.3, -0.25) is 4.79 Å². The van der Waals surface area contributed by atoms with Gasteiger partial charge >= 0.3 is 0 Å². The van der Waals surface area contributed by atoms with E-state index in [-0.39, 0.29) is 12.4 Å². The highest BCUT2D eigenvalue weighted by Gasteiger charge is 2.37. The van der Waals surface area contributed by atoms with Crippen molar-refractivity contribution < 1.29 is 14.3 Å². The Balaban J connectivity index is 0.00000243. The molecule has 26 heavy (non-hydrogen) atoms. The number of hydrogen-bond donors (Lipinski definition) is 1. The van der Waals surface area contributed by atoms with Crippen molar-refractivity contribution in [3.05, 3.63) is 29.8 Å². The second-order valence-electron chi connectivity index (χ2n) is 7.02. The van der Waals surface area contributed by atoms with Gasteiger partial charge in [-0.2, -0.15) is 0 Å². The van der Waals surface area contributed by atoms with E-state index >= 15 is 0 Å². The lowest BCUT2D eigenvalue weighted by Gasteiger charge is -2.28. The molecule has 2 unspecified atom stereocenters. The molecular weight excluding hydrogens is 352 g/mol. The van der Waals surface area contributed by atoms with Crippen molar-refractivity contribution in [1.82, 2.24) is 10.2 Å². The maximum atomic E-state index is 12.6. The predicted octanol–water partition coefficient (Wildman–Crippen LogP) is 2.81. The average molecular weight is 383 g/mol. The number of halogens is 1. The van der Waals surface area contributed by atoms with Crippen molar-refractivity contribution in [2.24, 2.45) is 0 Å². The molecule has 2 heterocycles. The molecule has 0 aliphatic carbocycles. The topological polar surface area (TPSA) is 50.8 Å². The molecule has 2 fully saturated rings. The van der Waals surface area contributed by atoms with Crippen LogP contribution in [0, 0.1) is 0 Å². The largest absolute Gasteiger partial charge is 0.494 e. The van der Waals surface area contributed by atoms with Gasteiger partial charge in [-0.05, 0) is 56.3 Å². The molecular formula is C20H31ClN2O3. The van der Waals surface area contributed by atoms with E-state index in [0.717, 1.165) is 51.1 Å². The van der Waals surface area contributed by atoms with Crippen LogP contribution in [-0.2, 0) is 16.0 Å². The van der Waals surface area contributed by atoms with E-state index < -0.39 is 0 Å². The van der Waals surface area contributed by atoms with Crippen LogP contribution in [-0.4, -0.2) is 56.3 Å². The van der Waals surface area contributed by atoms with Gasteiger partial charge in [-0.25, -0.2) is 0 Å². The lowest BCUT2D eigenvalue weighted by Crippen LogP contribution is -2.42. The summed E-state index contributed by atoms with van der Waals surface area (Å²) >= 11 is 0. The van der Waals surface area contributed by atoms with E-state index in [1.165, 1.54) is 12.0 Å². The van der Waals surface area contributed by atoms with Crippen LogP contribution in [0.25, 0.3) is 0 Å². The molecule has 146 valence electrons. The molecule has 2 atom stereocenters. The van der Waals surface area contributed by atoms with Crippen LogP contribution in [0.3, 0.4) is 0 Å². The molecule has 1 amide bonds. The van der Waals surface area contributed by atoms with E-state index in [2.05, 4.69) is 22.3 Å². The summed E-state index contributed by atoms with van der Waals surface area (Å²) in [6.45, 7) is 3.31. The Morgan fingerprint density at radius 1 is 1.15 bits per heavy atom. The number of methoxy groups -OCH3 is 1. The van der Waals surface area contributed by atoms with E-state index in [0.29, 0.717) is 31.0 Å². The standard InChI is InChI=1S/C20H30N2O3.ClH/c1-24-14-11-16-4-8-19(9-5-16)25-13-2-3-20(23)22-17-6-7-18(22)15-21-12-10-17;/h4-5,8-9,17-18,21H,2-3,6-7,10-15H2,1H3;1H. The van der Waals surface area contributed by atoms with Gasteiger partial charge in [-0.1, -0.05) is 12.1 Å². The first-order valence-corrected chi connectivity index (χ1v) is 9.50. The summed E-state index contributed by atoms with van der Waals surface area (Å²) in [5.74, 6) is 1.17. The maximum absolute atomic E-state index is 12.6. The van der Waals surface area contributed by atoms with Crippen molar-refractivity contribution in [1.29, 1.82) is 0 Å². The van der Waals surface area contributed by atoms with Crippen molar-refractivity contribution in [2.45, 2.75) is 50.6 Å². The van der Waals surface area contributed by atoms with Gasteiger partial charge in [0.15, 0.2) is 0 Å². The molecule has 2 aliphatic rings. The van der Waals surface area contributed by atoms with Crippen molar-refractivity contribution in [2.75, 3.05) is 33.4 Å². The van der Waals surface area contributed by atoms with E-state index in [9.17, 15) is 4.79 Å². The lowest BCUT2D eigenvalue weighted by molar-refractivity contribution is -0.134. The molecule has 0 saturated carbocycles. The van der Waals surface area contributed by atoms with Gasteiger partial charge in [0, 0.05) is 32.2 Å². The minimum Gasteiger partial charge on any atom is -0.494 e. The maximum Gasteiger partial charge on any atom is 0.223 e. The zero-order valence-corrected chi connectivity index (χ0v) is 16.4. The molecule has 0 radical (unpaired) electrons. The number of nitrogens with one attached hydrogen (secondary N) is 1. The van der Waals surface area contributed by atoms with Crippen LogP contribution in [0.15, 0.2) is 24.3 Å². The highest BCUT2D eigenvalue weighted by molar-refractivity contribution is 5.85. The number of carbonyl (C=O) groups is 1. The minimum atomic E-state index is 0. The van der Waals surface area contributed by atoms with Gasteiger partial charge in [0.25, 0.3) is 0 Å². The van der Waals surface area contributed by atoms with Gasteiger partial charge in [-0.15, -0.1) is 12.4 Å². The zero-order chi connectivity index (χ0) is 17.5. The van der Waals surface area contributed by atoms with Gasteiger partial charge in [0.05, 0.1) is 13.2 Å². The molecule has 2 bridgehead atoms. The Morgan fingerprint density at radius 3 is 2.69 bits per heavy atom. The predicted molar refractivity (Wildman–Crippen MR) is 105 cm³/mol. The third-order valence-corrected chi connectivity index (χ3v) is 5.26. The Morgan fingerprint density at radius 2 is 1.92 bits per heavy atom. The van der Waals surface area contributed by atoms with Gasteiger partial charge in [0.2, 0.25) is 5.91 Å². The number of carbonyl (C=O) groups excluding carboxylic acids is 1. The van der Waals surface area contributed by atoms with Crippen LogP contribution in [0.4, 0.5) is 0 Å². The fourth-order valence-electron chi connectivity index (χ4n) is 3.90. The van der Waals surface area contributed by atoms with Gasteiger partial charge < -0.3 is 19.7 Å². The SMILES string of the molecule is COCCc1ccc(OCCCC(=O)N2C3CCNCC2CC3)cc1.Cl. The summed E-state index contributed by atoms with van der Waals surface area (Å²) in [6.07, 6.45) is 5.68. The van der Waals surface area contributed by atoms with Crippen molar-refractivity contribution >= 4 is 18.3 Å². The summed E-state index contributed by atoms with van der Waals surface area (Å²) in [5, 5.41) is 3.44. The number of fused-ring (bicyclic) bond motifs is 2. The molecule has 1 aromatic rings. The van der Waals surface area contributed by atoms with Crippen molar-refractivity contribution in [3.8, 4) is 5.75 Å². The second kappa shape index (κ2) is 10.8. The molecule has 0 aromatic heterocycles.